The van der Waals surface area contributed by atoms with E-state index in [1.54, 1.807) is 0 Å². The van der Waals surface area contributed by atoms with Gasteiger partial charge in [-0.05, 0) is 50.9 Å². The molecule has 1 aliphatic heterocycles. The first-order valence-corrected chi connectivity index (χ1v) is 7.86. The van der Waals surface area contributed by atoms with E-state index in [2.05, 4.69) is 48.3 Å². The molecule has 20 heavy (non-hydrogen) atoms. The van der Waals surface area contributed by atoms with E-state index in [0.717, 1.165) is 31.5 Å². The van der Waals surface area contributed by atoms with E-state index in [0.29, 0.717) is 6.04 Å². The van der Waals surface area contributed by atoms with E-state index in [4.69, 9.17) is 4.74 Å². The minimum absolute atomic E-state index is 0.710. The average Bonchev–Trinajstić information content (AvgIpc) is 2.82. The van der Waals surface area contributed by atoms with Crippen LogP contribution in [0, 0.1) is 0 Å². The molecule has 1 aromatic rings. The summed E-state index contributed by atoms with van der Waals surface area (Å²) >= 11 is 0. The molecule has 0 aliphatic carbocycles. The van der Waals surface area contributed by atoms with E-state index in [-0.39, 0.29) is 0 Å². The molecule has 0 saturated carbocycles. The highest BCUT2D eigenvalue weighted by Gasteiger charge is 2.28. The third kappa shape index (κ3) is 3.97. The molecular weight excluding hydrogens is 248 g/mol. The van der Waals surface area contributed by atoms with Gasteiger partial charge in [0.1, 0.15) is 12.4 Å². The normalized spacial score (nSPS) is 23.1. The predicted molar refractivity (Wildman–Crippen MR) is 84.2 cm³/mol. The molecule has 1 aromatic carbocycles. The highest BCUT2D eigenvalue weighted by Crippen LogP contribution is 2.25. The topological polar surface area (TPSA) is 24.5 Å². The van der Waals surface area contributed by atoms with Gasteiger partial charge in [-0.25, -0.2) is 0 Å². The number of benzene rings is 1. The minimum atomic E-state index is 0.710. The van der Waals surface area contributed by atoms with Crippen molar-refractivity contribution < 1.29 is 4.74 Å². The molecule has 3 heteroatoms. The molecule has 1 saturated heterocycles. The zero-order valence-corrected chi connectivity index (χ0v) is 13.1. The quantitative estimate of drug-likeness (QED) is 0.828. The van der Waals surface area contributed by atoms with Crippen LogP contribution >= 0.6 is 0 Å². The first kappa shape index (κ1) is 15.3. The Bertz CT molecular complexity index is 390. The molecular formula is C17H28N2O. The molecule has 0 spiro atoms. The second kappa shape index (κ2) is 7.65. The maximum atomic E-state index is 5.88. The van der Waals surface area contributed by atoms with Gasteiger partial charge in [-0.2, -0.15) is 0 Å². The molecule has 1 N–H and O–H groups in total. The summed E-state index contributed by atoms with van der Waals surface area (Å²) < 4.78 is 5.88. The summed E-state index contributed by atoms with van der Waals surface area (Å²) in [5.41, 5.74) is 1.29. The highest BCUT2D eigenvalue weighted by atomic mass is 16.5. The molecule has 0 bridgehead atoms. The molecule has 2 unspecified atom stereocenters. The van der Waals surface area contributed by atoms with Crippen molar-refractivity contribution in [3.8, 4) is 5.75 Å². The molecule has 2 atom stereocenters. The molecule has 112 valence electrons. The zero-order valence-electron chi connectivity index (χ0n) is 13.1. The summed E-state index contributed by atoms with van der Waals surface area (Å²) in [5, 5.41) is 3.15. The second-order valence-electron chi connectivity index (χ2n) is 5.75. The van der Waals surface area contributed by atoms with Gasteiger partial charge in [0.2, 0.25) is 0 Å². The molecule has 1 fully saturated rings. The lowest BCUT2D eigenvalue weighted by molar-refractivity contribution is 0.159. The Labute approximate surface area is 123 Å². The Hall–Kier alpha value is -1.06. The van der Waals surface area contributed by atoms with Gasteiger partial charge in [-0.15, -0.1) is 0 Å². The Morgan fingerprint density at radius 2 is 2.00 bits per heavy atom. The van der Waals surface area contributed by atoms with Crippen molar-refractivity contribution in [3.63, 3.8) is 0 Å². The lowest BCUT2D eigenvalue weighted by Gasteiger charge is -2.27. The van der Waals surface area contributed by atoms with Crippen molar-refractivity contribution in [2.75, 3.05) is 20.2 Å². The summed E-state index contributed by atoms with van der Waals surface area (Å²) in [6, 6.07) is 9.85. The van der Waals surface area contributed by atoms with Crippen LogP contribution in [0.1, 0.15) is 38.7 Å². The zero-order chi connectivity index (χ0) is 14.4. The van der Waals surface area contributed by atoms with E-state index < -0.39 is 0 Å². The summed E-state index contributed by atoms with van der Waals surface area (Å²) in [4.78, 5) is 2.61. The van der Waals surface area contributed by atoms with Crippen LogP contribution in [0.15, 0.2) is 24.3 Å². The Kier molecular flexibility index (Phi) is 5.86. The van der Waals surface area contributed by atoms with Crippen molar-refractivity contribution in [2.45, 2.75) is 51.7 Å². The van der Waals surface area contributed by atoms with Gasteiger partial charge in [0.25, 0.3) is 0 Å². The van der Waals surface area contributed by atoms with Crippen LogP contribution in [0.3, 0.4) is 0 Å². The summed E-state index contributed by atoms with van der Waals surface area (Å²) in [6.45, 7) is 7.35. The fraction of sp³-hybridized carbons (Fsp3) is 0.647. The van der Waals surface area contributed by atoms with Crippen molar-refractivity contribution in [1.82, 2.24) is 10.2 Å². The van der Waals surface area contributed by atoms with Crippen LogP contribution in [0.25, 0.3) is 0 Å². The highest BCUT2D eigenvalue weighted by molar-refractivity contribution is 5.27. The standard InChI is InChI=1S/C17H28N2O/c1-4-16-8-5-14(2)19(16)11-12-20-17-9-6-15(7-10-17)13-18-3/h6-7,9-10,14,16,18H,4-5,8,11-13H2,1-3H3. The van der Waals surface area contributed by atoms with Crippen LogP contribution in [0.4, 0.5) is 0 Å². The Balaban J connectivity index is 1.77. The van der Waals surface area contributed by atoms with Gasteiger partial charge in [0, 0.05) is 25.2 Å². The summed E-state index contributed by atoms with van der Waals surface area (Å²) in [6.07, 6.45) is 3.93. The van der Waals surface area contributed by atoms with E-state index in [9.17, 15) is 0 Å². The van der Waals surface area contributed by atoms with Gasteiger partial charge in [0.15, 0.2) is 0 Å². The number of nitrogens with zero attached hydrogens (tertiary/aromatic N) is 1. The summed E-state index contributed by atoms with van der Waals surface area (Å²) in [5.74, 6) is 0.977. The predicted octanol–water partition coefficient (Wildman–Crippen LogP) is 3.05. The van der Waals surface area contributed by atoms with Crippen LogP contribution in [-0.4, -0.2) is 37.2 Å². The van der Waals surface area contributed by atoms with Crippen LogP contribution in [-0.2, 0) is 6.54 Å². The van der Waals surface area contributed by atoms with Crippen molar-refractivity contribution in [3.05, 3.63) is 29.8 Å². The van der Waals surface area contributed by atoms with E-state index in [1.807, 2.05) is 7.05 Å². The third-order valence-corrected chi connectivity index (χ3v) is 4.35. The first-order chi connectivity index (χ1) is 9.74. The van der Waals surface area contributed by atoms with Crippen LogP contribution in [0.2, 0.25) is 0 Å². The maximum Gasteiger partial charge on any atom is 0.119 e. The fourth-order valence-electron chi connectivity index (χ4n) is 3.14. The number of ether oxygens (including phenoxy) is 1. The fourth-order valence-corrected chi connectivity index (χ4v) is 3.14. The number of hydrogen-bond donors (Lipinski definition) is 1. The molecule has 0 radical (unpaired) electrons. The Morgan fingerprint density at radius 1 is 1.25 bits per heavy atom. The van der Waals surface area contributed by atoms with Crippen molar-refractivity contribution >= 4 is 0 Å². The molecule has 0 amide bonds. The first-order valence-electron chi connectivity index (χ1n) is 7.86. The lowest BCUT2D eigenvalue weighted by atomic mass is 10.1. The summed E-state index contributed by atoms with van der Waals surface area (Å²) in [7, 11) is 1.96. The molecule has 1 heterocycles. The van der Waals surface area contributed by atoms with E-state index in [1.165, 1.54) is 24.8 Å². The monoisotopic (exact) mass is 276 g/mol. The van der Waals surface area contributed by atoms with Crippen molar-refractivity contribution in [1.29, 1.82) is 0 Å². The van der Waals surface area contributed by atoms with E-state index >= 15 is 0 Å². The molecule has 3 nitrogen and oxygen atoms in total. The van der Waals surface area contributed by atoms with Crippen LogP contribution in [0.5, 0.6) is 5.75 Å². The van der Waals surface area contributed by atoms with Gasteiger partial charge in [0.05, 0.1) is 0 Å². The molecule has 1 aliphatic rings. The van der Waals surface area contributed by atoms with Gasteiger partial charge in [-0.1, -0.05) is 19.1 Å². The lowest BCUT2D eigenvalue weighted by Crippen LogP contribution is -2.37. The van der Waals surface area contributed by atoms with Crippen LogP contribution < -0.4 is 10.1 Å². The smallest absolute Gasteiger partial charge is 0.119 e. The van der Waals surface area contributed by atoms with Gasteiger partial charge >= 0.3 is 0 Å². The number of rotatable bonds is 7. The number of hydrogen-bond acceptors (Lipinski definition) is 3. The molecule has 0 aromatic heterocycles. The van der Waals surface area contributed by atoms with Gasteiger partial charge < -0.3 is 10.1 Å². The average molecular weight is 276 g/mol. The van der Waals surface area contributed by atoms with Crippen molar-refractivity contribution in [2.24, 2.45) is 0 Å². The Morgan fingerprint density at radius 3 is 2.65 bits per heavy atom. The largest absolute Gasteiger partial charge is 0.492 e. The number of likely N-dealkylation sites (tertiary alicyclic amines) is 1. The second-order valence-corrected chi connectivity index (χ2v) is 5.75. The minimum Gasteiger partial charge on any atom is -0.492 e. The molecule has 2 rings (SSSR count). The number of nitrogens with one attached hydrogen (secondary N) is 1. The third-order valence-electron chi connectivity index (χ3n) is 4.35. The van der Waals surface area contributed by atoms with Gasteiger partial charge in [-0.3, -0.25) is 4.90 Å². The maximum absolute atomic E-state index is 5.88. The SMILES string of the molecule is CCC1CCC(C)N1CCOc1ccc(CNC)cc1.